The Morgan fingerprint density at radius 3 is 1.86 bits per heavy atom. The van der Waals surface area contributed by atoms with Gasteiger partial charge in [0.05, 0.1) is 6.04 Å². The number of hydrogen-bond acceptors (Lipinski definition) is 2. The molecule has 0 saturated heterocycles. The minimum atomic E-state index is -0.509. The Kier molecular flexibility index (Phi) is 4.92. The lowest BCUT2D eigenvalue weighted by Crippen LogP contribution is -2.32. The molecule has 0 aromatic rings. The molecule has 0 bridgehead atoms. The van der Waals surface area contributed by atoms with Crippen LogP contribution in [-0.4, -0.2) is 17.4 Å². The summed E-state index contributed by atoms with van der Waals surface area (Å²) in [4.78, 5) is 9.80. The van der Waals surface area contributed by atoms with Crippen LogP contribution in [0.1, 0.15) is 6.92 Å². The summed E-state index contributed by atoms with van der Waals surface area (Å²) in [5, 5.41) is 0. The first-order valence-corrected chi connectivity index (χ1v) is 1.69. The predicted octanol–water partition coefficient (Wildman–Crippen LogP) is -2.01. The van der Waals surface area contributed by atoms with Gasteiger partial charge >= 0.3 is 0 Å². The fourth-order valence-electron chi connectivity index (χ4n) is 0. The van der Waals surface area contributed by atoms with Crippen LogP contribution < -0.4 is 11.5 Å². The third kappa shape index (κ3) is 5.39. The molecule has 4 nitrogen and oxygen atoms in total. The third-order valence-corrected chi connectivity index (χ3v) is 0.449. The first-order valence-electron chi connectivity index (χ1n) is 1.69. The van der Waals surface area contributed by atoms with Gasteiger partial charge in [-0.3, -0.25) is 4.79 Å². The van der Waals surface area contributed by atoms with Gasteiger partial charge in [0.15, 0.2) is 0 Å². The van der Waals surface area contributed by atoms with E-state index in [-0.39, 0.29) is 5.48 Å². The largest absolute Gasteiger partial charge is 0.412 e. The van der Waals surface area contributed by atoms with Crippen molar-refractivity contribution in [3.8, 4) is 0 Å². The average molecular weight is 106 g/mol. The zero-order valence-electron chi connectivity index (χ0n) is 4.14. The minimum Gasteiger partial charge on any atom is -0.412 e. The summed E-state index contributed by atoms with van der Waals surface area (Å²) < 4.78 is 0. The molecule has 0 aromatic carbocycles. The molecule has 0 heterocycles. The standard InChI is InChI=1S/C3H8N2O.H2O/c1-2(4)3(5)6;/h2H,4H2,1H3,(H2,5,6);1H2. The van der Waals surface area contributed by atoms with Crippen LogP contribution in [-0.2, 0) is 4.79 Å². The molecule has 0 fully saturated rings. The van der Waals surface area contributed by atoms with Crippen LogP contribution in [0.4, 0.5) is 0 Å². The summed E-state index contributed by atoms with van der Waals surface area (Å²) in [6.45, 7) is 1.54. The van der Waals surface area contributed by atoms with Gasteiger partial charge in [-0.05, 0) is 6.92 Å². The van der Waals surface area contributed by atoms with Crippen molar-refractivity contribution in [1.82, 2.24) is 0 Å². The van der Waals surface area contributed by atoms with E-state index < -0.39 is 11.9 Å². The normalized spacial score (nSPS) is 11.7. The highest BCUT2D eigenvalue weighted by molar-refractivity contribution is 5.78. The van der Waals surface area contributed by atoms with Crippen molar-refractivity contribution in [2.45, 2.75) is 13.0 Å². The summed E-state index contributed by atoms with van der Waals surface area (Å²) in [7, 11) is 0. The number of nitrogens with two attached hydrogens (primary N) is 2. The predicted molar refractivity (Wildman–Crippen MR) is 26.5 cm³/mol. The molecule has 0 radical (unpaired) electrons. The van der Waals surface area contributed by atoms with Crippen LogP contribution in [0.15, 0.2) is 0 Å². The van der Waals surface area contributed by atoms with Crippen molar-refractivity contribution >= 4 is 5.91 Å². The fraction of sp³-hybridized carbons (Fsp3) is 0.667. The van der Waals surface area contributed by atoms with Crippen molar-refractivity contribution in [3.05, 3.63) is 0 Å². The highest BCUT2D eigenvalue weighted by Gasteiger charge is 1.96. The number of carbonyl (C=O) groups excluding carboxylic acids is 1. The number of carbonyl (C=O) groups is 1. The quantitative estimate of drug-likeness (QED) is 0.403. The molecule has 6 N–H and O–H groups in total. The average Bonchev–Trinajstić information content (AvgIpc) is 1.36. The van der Waals surface area contributed by atoms with E-state index in [4.69, 9.17) is 5.73 Å². The Bertz CT molecular complexity index is 62.0. The zero-order valence-corrected chi connectivity index (χ0v) is 4.14. The van der Waals surface area contributed by atoms with Gasteiger partial charge in [-0.25, -0.2) is 0 Å². The van der Waals surface area contributed by atoms with Gasteiger partial charge in [0.25, 0.3) is 0 Å². The van der Waals surface area contributed by atoms with E-state index in [0.29, 0.717) is 0 Å². The summed E-state index contributed by atoms with van der Waals surface area (Å²) in [6.07, 6.45) is 0. The van der Waals surface area contributed by atoms with E-state index in [2.05, 4.69) is 5.73 Å². The van der Waals surface area contributed by atoms with Crippen LogP contribution in [0.5, 0.6) is 0 Å². The molecule has 1 amide bonds. The summed E-state index contributed by atoms with van der Waals surface area (Å²) in [5.41, 5.74) is 9.63. The van der Waals surface area contributed by atoms with E-state index in [9.17, 15) is 4.79 Å². The Hall–Kier alpha value is -0.610. The van der Waals surface area contributed by atoms with Crippen molar-refractivity contribution in [2.75, 3.05) is 0 Å². The van der Waals surface area contributed by atoms with Crippen molar-refractivity contribution < 1.29 is 10.3 Å². The third-order valence-electron chi connectivity index (χ3n) is 0.449. The van der Waals surface area contributed by atoms with Crippen molar-refractivity contribution in [2.24, 2.45) is 11.5 Å². The molecule has 1 atom stereocenters. The van der Waals surface area contributed by atoms with Gasteiger partial charge in [0.2, 0.25) is 5.91 Å². The SMILES string of the molecule is CC(N)C(N)=O.O. The van der Waals surface area contributed by atoms with Crippen LogP contribution >= 0.6 is 0 Å². The molecule has 0 aromatic heterocycles. The van der Waals surface area contributed by atoms with E-state index in [1.54, 1.807) is 6.92 Å². The highest BCUT2D eigenvalue weighted by Crippen LogP contribution is 1.64. The van der Waals surface area contributed by atoms with E-state index in [1.165, 1.54) is 0 Å². The first kappa shape index (κ1) is 9.63. The lowest BCUT2D eigenvalue weighted by Gasteiger charge is -1.91. The molecule has 0 aliphatic carbocycles. The van der Waals surface area contributed by atoms with Crippen molar-refractivity contribution in [1.29, 1.82) is 0 Å². The zero-order chi connectivity index (χ0) is 5.15. The maximum atomic E-state index is 9.80. The van der Waals surface area contributed by atoms with Gasteiger partial charge in [-0.1, -0.05) is 0 Å². The number of hydrogen-bond donors (Lipinski definition) is 2. The van der Waals surface area contributed by atoms with Gasteiger partial charge in [-0.15, -0.1) is 0 Å². The molecular weight excluding hydrogens is 96.0 g/mol. The summed E-state index contributed by atoms with van der Waals surface area (Å²) >= 11 is 0. The molecule has 44 valence electrons. The topological polar surface area (TPSA) is 101 Å². The Morgan fingerprint density at radius 2 is 1.86 bits per heavy atom. The molecule has 0 aliphatic heterocycles. The van der Waals surface area contributed by atoms with Crippen LogP contribution in [0.3, 0.4) is 0 Å². The fourth-order valence-corrected chi connectivity index (χ4v) is 0. The molecule has 1 unspecified atom stereocenters. The second-order valence-electron chi connectivity index (χ2n) is 1.19. The smallest absolute Gasteiger partial charge is 0.234 e. The second kappa shape index (κ2) is 3.58. The van der Waals surface area contributed by atoms with E-state index in [0.717, 1.165) is 0 Å². The second-order valence-corrected chi connectivity index (χ2v) is 1.19. The molecule has 4 heteroatoms. The lowest BCUT2D eigenvalue weighted by atomic mass is 10.4. The maximum Gasteiger partial charge on any atom is 0.234 e. The Morgan fingerprint density at radius 1 is 1.71 bits per heavy atom. The van der Waals surface area contributed by atoms with Gasteiger partial charge in [0, 0.05) is 0 Å². The van der Waals surface area contributed by atoms with Crippen molar-refractivity contribution in [3.63, 3.8) is 0 Å². The summed E-state index contributed by atoms with van der Waals surface area (Å²) in [6, 6.07) is -0.509. The number of rotatable bonds is 1. The molecule has 0 saturated carbocycles. The van der Waals surface area contributed by atoms with Crippen LogP contribution in [0, 0.1) is 0 Å². The monoisotopic (exact) mass is 106 g/mol. The molecular formula is C3H10N2O2. The van der Waals surface area contributed by atoms with Gasteiger partial charge in [0.1, 0.15) is 0 Å². The number of primary amides is 1. The summed E-state index contributed by atoms with van der Waals surface area (Å²) in [5.74, 6) is -0.463. The minimum absolute atomic E-state index is 0. The van der Waals surface area contributed by atoms with Crippen LogP contribution in [0.25, 0.3) is 0 Å². The Balaban J connectivity index is 0. The number of amides is 1. The molecule has 0 aliphatic rings. The van der Waals surface area contributed by atoms with Gasteiger partial charge < -0.3 is 16.9 Å². The molecule has 0 spiro atoms. The first-order chi connectivity index (χ1) is 2.64. The molecule has 7 heavy (non-hydrogen) atoms. The highest BCUT2D eigenvalue weighted by atomic mass is 16.1. The van der Waals surface area contributed by atoms with E-state index >= 15 is 0 Å². The molecule has 0 rings (SSSR count). The maximum absolute atomic E-state index is 9.80. The Labute approximate surface area is 41.8 Å². The van der Waals surface area contributed by atoms with Crippen LogP contribution in [0.2, 0.25) is 0 Å². The van der Waals surface area contributed by atoms with E-state index in [1.807, 2.05) is 0 Å². The lowest BCUT2D eigenvalue weighted by molar-refractivity contribution is -0.118. The van der Waals surface area contributed by atoms with Gasteiger partial charge in [-0.2, -0.15) is 0 Å².